The predicted molar refractivity (Wildman–Crippen MR) is 77.3 cm³/mol. The zero-order valence-corrected chi connectivity index (χ0v) is 12.8. The zero-order valence-electron chi connectivity index (χ0n) is 11.2. The van der Waals surface area contributed by atoms with Gasteiger partial charge in [0.2, 0.25) is 0 Å². The van der Waals surface area contributed by atoms with Crippen molar-refractivity contribution in [1.82, 2.24) is 4.90 Å². The Hall–Kier alpha value is -1.43. The first kappa shape index (κ1) is 15.6. The molecule has 104 valence electrons. The van der Waals surface area contributed by atoms with Crippen molar-refractivity contribution < 1.29 is 9.72 Å². The monoisotopic (exact) mass is 328 g/mol. The Balaban J connectivity index is 3.04. The van der Waals surface area contributed by atoms with Crippen LogP contribution in [0.2, 0.25) is 0 Å². The highest BCUT2D eigenvalue weighted by molar-refractivity contribution is 9.10. The Labute approximate surface area is 120 Å². The number of carbonyl (C=O) groups is 1. The zero-order chi connectivity index (χ0) is 14.6. The number of hydrogen-bond acceptors (Lipinski definition) is 3. The smallest absolute Gasteiger partial charge is 0.270 e. The van der Waals surface area contributed by atoms with Gasteiger partial charge >= 0.3 is 0 Å². The highest BCUT2D eigenvalue weighted by Gasteiger charge is 2.21. The van der Waals surface area contributed by atoms with Crippen molar-refractivity contribution >= 4 is 27.5 Å². The van der Waals surface area contributed by atoms with E-state index < -0.39 is 4.92 Å². The molecule has 1 aromatic rings. The maximum Gasteiger partial charge on any atom is 0.270 e. The third-order valence-electron chi connectivity index (χ3n) is 3.08. The van der Waals surface area contributed by atoms with Crippen molar-refractivity contribution in [3.8, 4) is 0 Å². The van der Waals surface area contributed by atoms with Crippen LogP contribution in [0.25, 0.3) is 0 Å². The van der Waals surface area contributed by atoms with Gasteiger partial charge in [-0.1, -0.05) is 13.3 Å². The fourth-order valence-corrected chi connectivity index (χ4v) is 2.21. The molecule has 0 aliphatic rings. The van der Waals surface area contributed by atoms with Gasteiger partial charge in [0.1, 0.15) is 0 Å². The summed E-state index contributed by atoms with van der Waals surface area (Å²) in [5.41, 5.74) is 0.239. The van der Waals surface area contributed by atoms with Gasteiger partial charge in [-0.3, -0.25) is 14.9 Å². The third kappa shape index (κ3) is 3.76. The second kappa shape index (κ2) is 6.65. The van der Waals surface area contributed by atoms with Crippen molar-refractivity contribution in [3.63, 3.8) is 0 Å². The summed E-state index contributed by atoms with van der Waals surface area (Å²) in [6, 6.07) is 4.31. The number of nitro benzene ring substituents is 1. The lowest BCUT2D eigenvalue weighted by Gasteiger charge is -2.25. The fraction of sp³-hybridized carbons (Fsp3) is 0.462. The quantitative estimate of drug-likeness (QED) is 0.612. The van der Waals surface area contributed by atoms with Gasteiger partial charge in [-0.2, -0.15) is 0 Å². The first-order valence-corrected chi connectivity index (χ1v) is 6.88. The minimum atomic E-state index is -0.501. The molecule has 0 saturated heterocycles. The maximum absolute atomic E-state index is 12.3. The van der Waals surface area contributed by atoms with Crippen LogP contribution in [0.5, 0.6) is 0 Å². The minimum absolute atomic E-state index is 0.0805. The minimum Gasteiger partial charge on any atom is -0.339 e. The average Bonchev–Trinajstić information content (AvgIpc) is 2.37. The van der Waals surface area contributed by atoms with E-state index in [2.05, 4.69) is 22.9 Å². The summed E-state index contributed by atoms with van der Waals surface area (Å²) >= 11 is 3.27. The summed E-state index contributed by atoms with van der Waals surface area (Å²) in [6.45, 7) is 4.02. The molecule has 0 heterocycles. The summed E-state index contributed by atoms with van der Waals surface area (Å²) in [7, 11) is 1.72. The molecule has 5 nitrogen and oxygen atoms in total. The molecule has 1 unspecified atom stereocenters. The van der Waals surface area contributed by atoms with Gasteiger partial charge in [0.25, 0.3) is 11.6 Å². The average molecular weight is 329 g/mol. The van der Waals surface area contributed by atoms with E-state index in [0.29, 0.717) is 10.0 Å². The van der Waals surface area contributed by atoms with Gasteiger partial charge in [0.05, 0.1) is 10.5 Å². The van der Waals surface area contributed by atoms with Gasteiger partial charge in [-0.25, -0.2) is 0 Å². The van der Waals surface area contributed by atoms with Gasteiger partial charge in [0, 0.05) is 29.7 Å². The molecular formula is C13H17BrN2O3. The lowest BCUT2D eigenvalue weighted by Crippen LogP contribution is -2.35. The molecule has 0 aromatic heterocycles. The molecule has 6 heteroatoms. The molecule has 0 radical (unpaired) electrons. The molecule has 0 aliphatic heterocycles. The Kier molecular flexibility index (Phi) is 5.47. The molecule has 1 atom stereocenters. The van der Waals surface area contributed by atoms with Crippen molar-refractivity contribution in [1.29, 1.82) is 0 Å². The Morgan fingerprint density at radius 3 is 2.68 bits per heavy atom. The van der Waals surface area contributed by atoms with Gasteiger partial charge in [-0.05, 0) is 35.3 Å². The first-order chi connectivity index (χ1) is 8.88. The third-order valence-corrected chi connectivity index (χ3v) is 3.77. The summed E-state index contributed by atoms with van der Waals surface area (Å²) in [6.07, 6.45) is 1.88. The molecule has 0 saturated carbocycles. The van der Waals surface area contributed by atoms with Crippen molar-refractivity contribution in [2.75, 3.05) is 7.05 Å². The van der Waals surface area contributed by atoms with E-state index in [-0.39, 0.29) is 17.6 Å². The van der Waals surface area contributed by atoms with E-state index in [9.17, 15) is 14.9 Å². The lowest BCUT2D eigenvalue weighted by atomic mass is 10.1. The summed E-state index contributed by atoms with van der Waals surface area (Å²) in [4.78, 5) is 24.2. The van der Waals surface area contributed by atoms with Gasteiger partial charge in [-0.15, -0.1) is 0 Å². The Morgan fingerprint density at radius 2 is 2.16 bits per heavy atom. The predicted octanol–water partition coefficient (Wildman–Crippen LogP) is 3.62. The van der Waals surface area contributed by atoms with E-state index >= 15 is 0 Å². The standard InChI is InChI=1S/C13H17BrN2O3/c1-4-5-9(2)15(3)13(17)11-8-10(16(18)19)6-7-12(11)14/h6-9H,4-5H2,1-3H3. The van der Waals surface area contributed by atoms with E-state index in [1.165, 1.54) is 18.2 Å². The number of halogens is 1. The first-order valence-electron chi connectivity index (χ1n) is 6.09. The molecule has 0 bridgehead atoms. The van der Waals surface area contributed by atoms with E-state index in [1.54, 1.807) is 11.9 Å². The second-order valence-corrected chi connectivity index (χ2v) is 5.33. The van der Waals surface area contributed by atoms with Crippen LogP contribution < -0.4 is 0 Å². The van der Waals surface area contributed by atoms with Crippen LogP contribution in [-0.2, 0) is 0 Å². The van der Waals surface area contributed by atoms with Crippen molar-refractivity contribution in [2.45, 2.75) is 32.7 Å². The molecule has 1 rings (SSSR count). The summed E-state index contributed by atoms with van der Waals surface area (Å²) in [5, 5.41) is 10.8. The molecular weight excluding hydrogens is 312 g/mol. The van der Waals surface area contributed by atoms with Crippen LogP contribution in [-0.4, -0.2) is 28.8 Å². The van der Waals surface area contributed by atoms with Gasteiger partial charge in [0.15, 0.2) is 0 Å². The molecule has 1 aromatic carbocycles. The lowest BCUT2D eigenvalue weighted by molar-refractivity contribution is -0.384. The number of hydrogen-bond donors (Lipinski definition) is 0. The molecule has 0 spiro atoms. The number of non-ortho nitro benzene ring substituents is 1. The number of nitrogens with zero attached hydrogens (tertiary/aromatic N) is 2. The maximum atomic E-state index is 12.3. The van der Waals surface area contributed by atoms with E-state index in [0.717, 1.165) is 12.8 Å². The van der Waals surface area contributed by atoms with Gasteiger partial charge < -0.3 is 4.90 Å². The largest absolute Gasteiger partial charge is 0.339 e. The van der Waals surface area contributed by atoms with E-state index in [4.69, 9.17) is 0 Å². The van der Waals surface area contributed by atoms with Crippen LogP contribution >= 0.6 is 15.9 Å². The van der Waals surface area contributed by atoms with Crippen LogP contribution in [0.15, 0.2) is 22.7 Å². The number of amides is 1. The summed E-state index contributed by atoms with van der Waals surface area (Å²) < 4.78 is 0.568. The number of rotatable bonds is 5. The van der Waals surface area contributed by atoms with Crippen molar-refractivity contribution in [3.05, 3.63) is 38.3 Å². The SMILES string of the molecule is CCCC(C)N(C)C(=O)c1cc([N+](=O)[O-])ccc1Br. The Bertz CT molecular complexity index is 491. The van der Waals surface area contributed by atoms with Crippen LogP contribution in [0, 0.1) is 10.1 Å². The van der Waals surface area contributed by atoms with Crippen molar-refractivity contribution in [2.24, 2.45) is 0 Å². The molecule has 1 amide bonds. The normalized spacial score (nSPS) is 12.0. The number of benzene rings is 1. The Morgan fingerprint density at radius 1 is 1.53 bits per heavy atom. The molecule has 0 fully saturated rings. The number of nitro groups is 1. The fourth-order valence-electron chi connectivity index (χ4n) is 1.79. The van der Waals surface area contributed by atoms with Crippen LogP contribution in [0.1, 0.15) is 37.0 Å². The summed E-state index contributed by atoms with van der Waals surface area (Å²) in [5.74, 6) is -0.212. The van der Waals surface area contributed by atoms with Crippen LogP contribution in [0.4, 0.5) is 5.69 Å². The highest BCUT2D eigenvalue weighted by atomic mass is 79.9. The molecule has 19 heavy (non-hydrogen) atoms. The second-order valence-electron chi connectivity index (χ2n) is 4.48. The molecule has 0 N–H and O–H groups in total. The molecule has 0 aliphatic carbocycles. The highest BCUT2D eigenvalue weighted by Crippen LogP contribution is 2.24. The van der Waals surface area contributed by atoms with Crippen LogP contribution in [0.3, 0.4) is 0 Å². The topological polar surface area (TPSA) is 63.5 Å². The number of carbonyl (C=O) groups excluding carboxylic acids is 1. The van der Waals surface area contributed by atoms with E-state index in [1.807, 2.05) is 6.92 Å².